The van der Waals surface area contributed by atoms with Gasteiger partial charge < -0.3 is 4.90 Å². The second-order valence-electron chi connectivity index (χ2n) is 3.44. The molecule has 0 spiro atoms. The van der Waals surface area contributed by atoms with E-state index in [-0.39, 0.29) is 0 Å². The summed E-state index contributed by atoms with van der Waals surface area (Å²) in [5, 5.41) is 3.17. The Morgan fingerprint density at radius 1 is 1.69 bits per heavy atom. The second kappa shape index (κ2) is 5.73. The summed E-state index contributed by atoms with van der Waals surface area (Å²) in [6.45, 7) is 4.32. The summed E-state index contributed by atoms with van der Waals surface area (Å²) < 4.78 is 0. The van der Waals surface area contributed by atoms with E-state index in [0.717, 1.165) is 18.4 Å². The minimum atomic E-state index is 0.698. The van der Waals surface area contributed by atoms with Gasteiger partial charge in [0, 0.05) is 23.8 Å². The maximum Gasteiger partial charge on any atom is 0.0795 e. The number of aromatic nitrogens is 1. The molecule has 0 radical (unpaired) electrons. The molecule has 2 nitrogen and oxygen atoms in total. The average molecular weight is 263 g/mol. The molecule has 1 atom stereocenters. The minimum absolute atomic E-state index is 0.698. The van der Waals surface area contributed by atoms with E-state index >= 15 is 0 Å². The number of rotatable bonds is 5. The number of hydrogen-bond donors (Lipinski definition) is 0. The van der Waals surface area contributed by atoms with E-state index in [2.05, 4.69) is 45.2 Å². The molecule has 4 heteroatoms. The average Bonchev–Trinajstić information content (AvgIpc) is 2.56. The van der Waals surface area contributed by atoms with E-state index < -0.39 is 0 Å². The smallest absolute Gasteiger partial charge is 0.0795 e. The summed E-state index contributed by atoms with van der Waals surface area (Å²) in [4.78, 5) is 6.56. The molecule has 1 aromatic rings. The molecule has 0 amide bonds. The van der Waals surface area contributed by atoms with Crippen molar-refractivity contribution in [3.63, 3.8) is 0 Å². The van der Waals surface area contributed by atoms with Crippen LogP contribution in [0.4, 0.5) is 0 Å². The summed E-state index contributed by atoms with van der Waals surface area (Å²) in [7, 11) is 2.14. The molecule has 0 N–H and O–H groups in total. The van der Waals surface area contributed by atoms with E-state index in [1.807, 2.05) is 5.51 Å². The Bertz CT molecular complexity index is 226. The first-order chi connectivity index (χ1) is 6.22. The number of thiazole rings is 1. The van der Waals surface area contributed by atoms with Gasteiger partial charge in [-0.15, -0.1) is 11.3 Å². The van der Waals surface area contributed by atoms with Crippen LogP contribution in [0.3, 0.4) is 0 Å². The van der Waals surface area contributed by atoms with Crippen LogP contribution in [0.15, 0.2) is 10.9 Å². The van der Waals surface area contributed by atoms with Gasteiger partial charge in [-0.2, -0.15) is 0 Å². The predicted octanol–water partition coefficient (Wildman–Crippen LogP) is 2.61. The molecule has 0 aliphatic carbocycles. The summed E-state index contributed by atoms with van der Waals surface area (Å²) in [6.07, 6.45) is 0. The van der Waals surface area contributed by atoms with Crippen molar-refractivity contribution < 1.29 is 0 Å². The highest BCUT2D eigenvalue weighted by Gasteiger charge is 2.06. The van der Waals surface area contributed by atoms with Gasteiger partial charge in [0.05, 0.1) is 11.2 Å². The normalized spacial score (nSPS) is 13.5. The topological polar surface area (TPSA) is 16.1 Å². The molecule has 0 aliphatic heterocycles. The standard InChI is InChI=1S/C9H15BrN2S/c1-8(3-10)4-12(2)5-9-6-13-7-11-9/h6-8H,3-5H2,1-2H3. The molecule has 0 aliphatic rings. The number of alkyl halides is 1. The van der Waals surface area contributed by atoms with Crippen LogP contribution in [0, 0.1) is 5.92 Å². The van der Waals surface area contributed by atoms with Crippen LogP contribution in [0.2, 0.25) is 0 Å². The molecule has 13 heavy (non-hydrogen) atoms. The van der Waals surface area contributed by atoms with Crippen molar-refractivity contribution in [1.29, 1.82) is 0 Å². The maximum absolute atomic E-state index is 4.25. The third-order valence-corrected chi connectivity index (χ3v) is 3.54. The summed E-state index contributed by atoms with van der Waals surface area (Å²) >= 11 is 5.14. The highest BCUT2D eigenvalue weighted by molar-refractivity contribution is 9.09. The number of hydrogen-bond acceptors (Lipinski definition) is 3. The van der Waals surface area contributed by atoms with Crippen LogP contribution in [0.25, 0.3) is 0 Å². The van der Waals surface area contributed by atoms with E-state index in [4.69, 9.17) is 0 Å². The molecular formula is C9H15BrN2S. The zero-order valence-electron chi connectivity index (χ0n) is 8.03. The van der Waals surface area contributed by atoms with Crippen molar-refractivity contribution in [2.24, 2.45) is 5.92 Å². The van der Waals surface area contributed by atoms with Gasteiger partial charge in [0.25, 0.3) is 0 Å². The molecule has 0 saturated carbocycles. The van der Waals surface area contributed by atoms with Gasteiger partial charge in [0.2, 0.25) is 0 Å². The van der Waals surface area contributed by atoms with Crippen LogP contribution in [-0.4, -0.2) is 28.8 Å². The minimum Gasteiger partial charge on any atom is -0.300 e. The van der Waals surface area contributed by atoms with Crippen molar-refractivity contribution in [3.05, 3.63) is 16.6 Å². The van der Waals surface area contributed by atoms with Crippen molar-refractivity contribution in [3.8, 4) is 0 Å². The molecule has 0 fully saturated rings. The first-order valence-electron chi connectivity index (χ1n) is 4.34. The Kier molecular flexibility index (Phi) is 4.91. The van der Waals surface area contributed by atoms with E-state index in [9.17, 15) is 0 Å². The van der Waals surface area contributed by atoms with Gasteiger partial charge >= 0.3 is 0 Å². The monoisotopic (exact) mass is 262 g/mol. The number of halogens is 1. The lowest BCUT2D eigenvalue weighted by molar-refractivity contribution is 0.288. The molecule has 0 aromatic carbocycles. The van der Waals surface area contributed by atoms with Gasteiger partial charge in [-0.1, -0.05) is 22.9 Å². The van der Waals surface area contributed by atoms with E-state index in [0.29, 0.717) is 5.92 Å². The van der Waals surface area contributed by atoms with Crippen molar-refractivity contribution in [2.75, 3.05) is 18.9 Å². The fourth-order valence-electron chi connectivity index (χ4n) is 1.24. The SMILES string of the molecule is CC(CBr)CN(C)Cc1cscn1. The Morgan fingerprint density at radius 2 is 2.46 bits per heavy atom. The molecular weight excluding hydrogens is 248 g/mol. The molecule has 0 saturated heterocycles. The summed E-state index contributed by atoms with van der Waals surface area (Å²) in [5.74, 6) is 0.698. The highest BCUT2D eigenvalue weighted by atomic mass is 79.9. The first kappa shape index (κ1) is 11.1. The molecule has 74 valence electrons. The third-order valence-electron chi connectivity index (χ3n) is 1.80. The zero-order chi connectivity index (χ0) is 9.68. The quantitative estimate of drug-likeness (QED) is 0.759. The molecule has 0 bridgehead atoms. The van der Waals surface area contributed by atoms with E-state index in [1.54, 1.807) is 11.3 Å². The number of nitrogens with zero attached hydrogens (tertiary/aromatic N) is 2. The van der Waals surface area contributed by atoms with E-state index in [1.165, 1.54) is 5.69 Å². The van der Waals surface area contributed by atoms with Crippen LogP contribution in [-0.2, 0) is 6.54 Å². The maximum atomic E-state index is 4.25. The third kappa shape index (κ3) is 4.20. The van der Waals surface area contributed by atoms with Gasteiger partial charge in [-0.25, -0.2) is 4.98 Å². The fourth-order valence-corrected chi connectivity index (χ4v) is 1.99. The van der Waals surface area contributed by atoms with Gasteiger partial charge in [-0.05, 0) is 13.0 Å². The lowest BCUT2D eigenvalue weighted by Crippen LogP contribution is -2.24. The zero-order valence-corrected chi connectivity index (χ0v) is 10.4. The van der Waals surface area contributed by atoms with Gasteiger partial charge in [0.1, 0.15) is 0 Å². The van der Waals surface area contributed by atoms with Crippen molar-refractivity contribution in [2.45, 2.75) is 13.5 Å². The van der Waals surface area contributed by atoms with Crippen molar-refractivity contribution in [1.82, 2.24) is 9.88 Å². The Labute approximate surface area is 92.1 Å². The lowest BCUT2D eigenvalue weighted by Gasteiger charge is -2.18. The fraction of sp³-hybridized carbons (Fsp3) is 0.667. The summed E-state index contributed by atoms with van der Waals surface area (Å²) in [6, 6.07) is 0. The van der Waals surface area contributed by atoms with Crippen molar-refractivity contribution >= 4 is 27.3 Å². The Hall–Kier alpha value is 0.0700. The second-order valence-corrected chi connectivity index (χ2v) is 4.80. The summed E-state index contributed by atoms with van der Waals surface area (Å²) in [5.41, 5.74) is 3.06. The Morgan fingerprint density at radius 3 is 3.00 bits per heavy atom. The highest BCUT2D eigenvalue weighted by Crippen LogP contribution is 2.07. The molecule has 1 rings (SSSR count). The van der Waals surface area contributed by atoms with Crippen LogP contribution < -0.4 is 0 Å². The molecule has 1 heterocycles. The lowest BCUT2D eigenvalue weighted by atomic mass is 10.2. The first-order valence-corrected chi connectivity index (χ1v) is 6.40. The van der Waals surface area contributed by atoms with Crippen LogP contribution >= 0.6 is 27.3 Å². The van der Waals surface area contributed by atoms with Crippen LogP contribution in [0.1, 0.15) is 12.6 Å². The molecule has 1 aromatic heterocycles. The predicted molar refractivity (Wildman–Crippen MR) is 61.4 cm³/mol. The molecule has 1 unspecified atom stereocenters. The van der Waals surface area contributed by atoms with Gasteiger partial charge in [0.15, 0.2) is 0 Å². The van der Waals surface area contributed by atoms with Crippen LogP contribution in [0.5, 0.6) is 0 Å². The van der Waals surface area contributed by atoms with Gasteiger partial charge in [-0.3, -0.25) is 0 Å². The largest absolute Gasteiger partial charge is 0.300 e. The Balaban J connectivity index is 2.29.